The van der Waals surface area contributed by atoms with Gasteiger partial charge in [0.1, 0.15) is 16.8 Å². The topological polar surface area (TPSA) is 88.3 Å². The van der Waals surface area contributed by atoms with Crippen LogP contribution in [0.4, 0.5) is 4.39 Å². The SMILES string of the molecule is Cc1ccc(S(=O)(=O)n2c(-c3ccc(CN4CCC(F)CC4)cc3)cc3c(-c4cnc(C5(O)CCC5)s4)c(Cl)cnc32)cc1. The van der Waals surface area contributed by atoms with Gasteiger partial charge in [0.15, 0.2) is 5.65 Å². The van der Waals surface area contributed by atoms with Crippen molar-refractivity contribution in [2.75, 3.05) is 13.1 Å². The first-order chi connectivity index (χ1) is 21.1. The Bertz CT molecular complexity index is 1940. The van der Waals surface area contributed by atoms with E-state index in [1.165, 1.54) is 21.5 Å². The second kappa shape index (κ2) is 11.3. The van der Waals surface area contributed by atoms with E-state index >= 15 is 0 Å². The van der Waals surface area contributed by atoms with Crippen LogP contribution in [0.5, 0.6) is 0 Å². The van der Waals surface area contributed by atoms with E-state index in [9.17, 15) is 17.9 Å². The third-order valence-electron chi connectivity index (χ3n) is 8.80. The number of hydrogen-bond acceptors (Lipinski definition) is 7. The summed E-state index contributed by atoms with van der Waals surface area (Å²) < 4.78 is 43.5. The van der Waals surface area contributed by atoms with E-state index in [2.05, 4.69) is 14.9 Å². The van der Waals surface area contributed by atoms with Gasteiger partial charge in [0.25, 0.3) is 10.0 Å². The van der Waals surface area contributed by atoms with Crippen molar-refractivity contribution in [3.05, 3.63) is 88.1 Å². The molecular formula is C33H32ClFN4O3S2. The number of aromatic nitrogens is 3. The lowest BCUT2D eigenvalue weighted by Gasteiger charge is -2.34. The van der Waals surface area contributed by atoms with Crippen LogP contribution in [0.3, 0.4) is 0 Å². The molecule has 1 aliphatic heterocycles. The quantitative estimate of drug-likeness (QED) is 0.198. The van der Waals surface area contributed by atoms with Gasteiger partial charge in [-0.05, 0) is 68.4 Å². The van der Waals surface area contributed by atoms with Crippen LogP contribution in [0.15, 0.2) is 71.9 Å². The predicted octanol–water partition coefficient (Wildman–Crippen LogP) is 7.33. The van der Waals surface area contributed by atoms with Crippen LogP contribution in [0.25, 0.3) is 32.7 Å². The van der Waals surface area contributed by atoms with Crippen molar-refractivity contribution in [1.29, 1.82) is 0 Å². The highest BCUT2D eigenvalue weighted by Gasteiger charge is 2.39. The Kier molecular flexibility index (Phi) is 7.61. The summed E-state index contributed by atoms with van der Waals surface area (Å²) in [5.41, 5.74) is 3.17. The number of hydrogen-bond donors (Lipinski definition) is 1. The largest absolute Gasteiger partial charge is 0.383 e. The molecule has 3 aromatic heterocycles. The fraction of sp³-hybridized carbons (Fsp3) is 0.333. The van der Waals surface area contributed by atoms with E-state index in [4.69, 9.17) is 11.6 Å². The van der Waals surface area contributed by atoms with E-state index in [-0.39, 0.29) is 10.5 Å². The molecule has 44 heavy (non-hydrogen) atoms. The molecule has 0 spiro atoms. The Labute approximate surface area is 265 Å². The Hall–Kier alpha value is -3.15. The lowest BCUT2D eigenvalue weighted by Crippen LogP contribution is -2.33. The first-order valence-corrected chi connectivity index (χ1v) is 17.4. The lowest BCUT2D eigenvalue weighted by atomic mass is 9.81. The predicted molar refractivity (Wildman–Crippen MR) is 172 cm³/mol. The molecule has 1 saturated heterocycles. The van der Waals surface area contributed by atoms with Crippen LogP contribution in [-0.4, -0.2) is 51.6 Å². The van der Waals surface area contributed by atoms with E-state index in [0.717, 1.165) is 35.5 Å². The summed E-state index contributed by atoms with van der Waals surface area (Å²) in [6, 6.07) is 16.4. The first-order valence-electron chi connectivity index (χ1n) is 14.8. The summed E-state index contributed by atoms with van der Waals surface area (Å²) in [7, 11) is -4.07. The third kappa shape index (κ3) is 5.26. The Morgan fingerprint density at radius 3 is 2.41 bits per heavy atom. The molecule has 0 radical (unpaired) electrons. The van der Waals surface area contributed by atoms with Gasteiger partial charge >= 0.3 is 0 Å². The molecule has 2 aliphatic rings. The summed E-state index contributed by atoms with van der Waals surface area (Å²) >= 11 is 8.13. The molecule has 11 heteroatoms. The molecule has 1 N–H and O–H groups in total. The van der Waals surface area contributed by atoms with Crippen molar-refractivity contribution in [3.63, 3.8) is 0 Å². The smallest absolute Gasteiger partial charge is 0.269 e. The van der Waals surface area contributed by atoms with Crippen LogP contribution in [0.2, 0.25) is 5.02 Å². The summed E-state index contributed by atoms with van der Waals surface area (Å²) in [5.74, 6) is 0. The number of aryl methyl sites for hydroxylation is 1. The summed E-state index contributed by atoms with van der Waals surface area (Å²) in [4.78, 5) is 12.2. The van der Waals surface area contributed by atoms with Crippen LogP contribution in [0, 0.1) is 6.92 Å². The maximum atomic E-state index is 14.3. The number of halogens is 2. The van der Waals surface area contributed by atoms with Crippen molar-refractivity contribution >= 4 is 44.0 Å². The maximum absolute atomic E-state index is 14.3. The second-order valence-corrected chi connectivity index (χ2v) is 15.1. The molecule has 2 fully saturated rings. The Morgan fingerprint density at radius 1 is 1.05 bits per heavy atom. The van der Waals surface area contributed by atoms with Crippen LogP contribution >= 0.6 is 22.9 Å². The van der Waals surface area contributed by atoms with E-state index < -0.39 is 21.8 Å². The van der Waals surface area contributed by atoms with Crippen LogP contribution in [0.1, 0.15) is 48.2 Å². The fourth-order valence-electron chi connectivity index (χ4n) is 6.04. The Balaban J connectivity index is 1.36. The molecule has 1 saturated carbocycles. The van der Waals surface area contributed by atoms with E-state index in [1.54, 1.807) is 30.5 Å². The van der Waals surface area contributed by atoms with Gasteiger partial charge in [-0.2, -0.15) is 0 Å². The number of rotatable bonds is 7. The number of aliphatic hydroxyl groups is 1. The monoisotopic (exact) mass is 650 g/mol. The number of likely N-dealkylation sites (tertiary alicyclic amines) is 1. The molecular weight excluding hydrogens is 619 g/mol. The molecule has 0 bridgehead atoms. The van der Waals surface area contributed by atoms with Gasteiger partial charge in [-0.25, -0.2) is 26.7 Å². The number of thiazole rings is 1. The maximum Gasteiger partial charge on any atom is 0.269 e. The average molecular weight is 651 g/mol. The zero-order valence-corrected chi connectivity index (χ0v) is 26.6. The summed E-state index contributed by atoms with van der Waals surface area (Å²) in [5, 5.41) is 12.5. The zero-order valence-electron chi connectivity index (χ0n) is 24.2. The highest BCUT2D eigenvalue weighted by atomic mass is 35.5. The van der Waals surface area contributed by atoms with Gasteiger partial charge in [-0.1, -0.05) is 53.6 Å². The third-order valence-corrected chi connectivity index (χ3v) is 12.0. The number of benzene rings is 2. The van der Waals surface area contributed by atoms with Gasteiger partial charge in [0, 0.05) is 43.0 Å². The molecule has 4 heterocycles. The van der Waals surface area contributed by atoms with Crippen molar-refractivity contribution in [2.45, 2.75) is 62.2 Å². The summed E-state index contributed by atoms with van der Waals surface area (Å²) in [6.07, 6.45) is 5.83. The number of alkyl halides is 1. The number of fused-ring (bicyclic) bond motifs is 1. The van der Waals surface area contributed by atoms with Gasteiger partial charge in [0.2, 0.25) is 0 Å². The van der Waals surface area contributed by atoms with Crippen LogP contribution in [-0.2, 0) is 22.2 Å². The molecule has 1 aliphatic carbocycles. The van der Waals surface area contributed by atoms with Gasteiger partial charge < -0.3 is 5.11 Å². The molecule has 228 valence electrons. The standard InChI is InChI=1S/C33H32ClFN4O3S2/c1-21-3-9-25(10-4-21)44(41,42)39-28(23-7-5-22(6-8-23)20-38-15-11-24(35)12-16-38)17-26-30(27(34)18-36-31(26)39)29-19-37-32(43-29)33(40)13-2-14-33/h3-10,17-19,24,40H,2,11-16,20H2,1H3. The molecule has 2 aromatic carbocycles. The molecule has 5 aromatic rings. The number of piperidine rings is 1. The molecule has 0 amide bonds. The minimum atomic E-state index is -4.07. The van der Waals surface area contributed by atoms with Gasteiger partial charge in [-0.3, -0.25) is 4.90 Å². The van der Waals surface area contributed by atoms with E-state index in [1.807, 2.05) is 37.3 Å². The zero-order chi connectivity index (χ0) is 30.6. The Morgan fingerprint density at radius 2 is 1.75 bits per heavy atom. The number of nitrogens with zero attached hydrogens (tertiary/aromatic N) is 4. The van der Waals surface area contributed by atoms with Crippen molar-refractivity contribution in [3.8, 4) is 21.7 Å². The van der Waals surface area contributed by atoms with Gasteiger partial charge in [0.05, 0.1) is 20.5 Å². The molecule has 7 nitrogen and oxygen atoms in total. The highest BCUT2D eigenvalue weighted by Crippen LogP contribution is 2.47. The van der Waals surface area contributed by atoms with Crippen molar-refractivity contribution in [1.82, 2.24) is 18.8 Å². The molecule has 0 atom stereocenters. The molecule has 7 rings (SSSR count). The lowest BCUT2D eigenvalue weighted by molar-refractivity contribution is -0.0389. The first kappa shape index (κ1) is 29.6. The average Bonchev–Trinajstić information content (AvgIpc) is 3.64. The van der Waals surface area contributed by atoms with Crippen molar-refractivity contribution in [2.24, 2.45) is 0 Å². The van der Waals surface area contributed by atoms with Gasteiger partial charge in [-0.15, -0.1) is 11.3 Å². The normalized spacial score (nSPS) is 17.6. The fourth-order valence-corrected chi connectivity index (χ4v) is 8.96. The second-order valence-electron chi connectivity index (χ2n) is 11.9. The number of pyridine rings is 1. The van der Waals surface area contributed by atoms with Crippen molar-refractivity contribution < 1.29 is 17.9 Å². The molecule has 0 unspecified atom stereocenters. The highest BCUT2D eigenvalue weighted by molar-refractivity contribution is 7.90. The van der Waals surface area contributed by atoms with E-state index in [0.29, 0.717) is 64.5 Å². The summed E-state index contributed by atoms with van der Waals surface area (Å²) in [6.45, 7) is 4.06. The minimum absolute atomic E-state index is 0.153. The minimum Gasteiger partial charge on any atom is -0.383 e. The van der Waals surface area contributed by atoms with Crippen LogP contribution < -0.4 is 0 Å².